The van der Waals surface area contributed by atoms with Crippen LogP contribution in [0.15, 0.2) is 40.8 Å². The monoisotopic (exact) mass is 334 g/mol. The molecule has 0 unspecified atom stereocenters. The fraction of sp³-hybridized carbons (Fsp3) is 0.389. The van der Waals surface area contributed by atoms with Gasteiger partial charge in [-0.3, -0.25) is 0 Å². The Kier molecular flexibility index (Phi) is 5.23. The van der Waals surface area contributed by atoms with Gasteiger partial charge < -0.3 is 13.9 Å². The van der Waals surface area contributed by atoms with Crippen LogP contribution in [0.3, 0.4) is 0 Å². The Morgan fingerprint density at radius 3 is 2.70 bits per heavy atom. The van der Waals surface area contributed by atoms with Gasteiger partial charge >= 0.3 is 5.97 Å². The van der Waals surface area contributed by atoms with Crippen molar-refractivity contribution in [3.63, 3.8) is 0 Å². The maximum atomic E-state index is 12.1. The van der Waals surface area contributed by atoms with E-state index in [9.17, 15) is 4.79 Å². The molecule has 0 amide bonds. The Bertz CT molecular complexity index is 659. The molecule has 1 aliphatic carbocycles. The first-order chi connectivity index (χ1) is 11.2. The number of carbonyl (C=O) groups is 1. The van der Waals surface area contributed by atoms with E-state index in [0.717, 1.165) is 25.7 Å². The van der Waals surface area contributed by atoms with E-state index in [0.29, 0.717) is 16.5 Å². The lowest BCUT2D eigenvalue weighted by atomic mass is 9.98. The zero-order valence-corrected chi connectivity index (χ0v) is 13.6. The molecule has 122 valence electrons. The maximum absolute atomic E-state index is 12.1. The molecule has 0 radical (unpaired) electrons. The molecule has 4 nitrogen and oxygen atoms in total. The molecule has 0 aliphatic heterocycles. The van der Waals surface area contributed by atoms with Crippen LogP contribution in [0.1, 0.15) is 48.4 Å². The average Bonchev–Trinajstić information content (AvgIpc) is 3.04. The molecule has 1 aromatic carbocycles. The van der Waals surface area contributed by atoms with E-state index < -0.39 is 5.97 Å². The molecule has 1 fully saturated rings. The molecule has 2 aromatic rings. The third-order valence-corrected chi connectivity index (χ3v) is 4.21. The van der Waals surface area contributed by atoms with Gasteiger partial charge in [-0.15, -0.1) is 0 Å². The summed E-state index contributed by atoms with van der Waals surface area (Å²) in [6.07, 6.45) is 5.35. The minimum absolute atomic E-state index is 0.0178. The highest BCUT2D eigenvalue weighted by molar-refractivity contribution is 6.32. The first kappa shape index (κ1) is 15.9. The summed E-state index contributed by atoms with van der Waals surface area (Å²) in [4.78, 5) is 12.1. The van der Waals surface area contributed by atoms with Gasteiger partial charge in [0.05, 0.1) is 5.02 Å². The van der Waals surface area contributed by atoms with Gasteiger partial charge in [0.25, 0.3) is 0 Å². The Morgan fingerprint density at radius 2 is 1.91 bits per heavy atom. The van der Waals surface area contributed by atoms with Crippen molar-refractivity contribution in [3.8, 4) is 5.75 Å². The van der Waals surface area contributed by atoms with Crippen molar-refractivity contribution in [2.45, 2.75) is 44.8 Å². The SMILES string of the molecule is O=C(OC1CCCCC1)c1ccc(COc2ccccc2Cl)o1. The lowest BCUT2D eigenvalue weighted by molar-refractivity contribution is 0.0174. The van der Waals surface area contributed by atoms with Crippen molar-refractivity contribution in [2.75, 3.05) is 0 Å². The van der Waals surface area contributed by atoms with Crippen molar-refractivity contribution in [1.29, 1.82) is 0 Å². The second-order valence-electron chi connectivity index (χ2n) is 5.65. The van der Waals surface area contributed by atoms with Crippen molar-refractivity contribution in [2.24, 2.45) is 0 Å². The Morgan fingerprint density at radius 1 is 1.13 bits per heavy atom. The largest absolute Gasteiger partial charge is 0.484 e. The smallest absolute Gasteiger partial charge is 0.374 e. The van der Waals surface area contributed by atoms with Crippen molar-refractivity contribution in [1.82, 2.24) is 0 Å². The molecule has 23 heavy (non-hydrogen) atoms. The minimum Gasteiger partial charge on any atom is -0.484 e. The third-order valence-electron chi connectivity index (χ3n) is 3.90. The van der Waals surface area contributed by atoms with Crippen LogP contribution in [0, 0.1) is 0 Å². The molecule has 0 spiro atoms. The summed E-state index contributed by atoms with van der Waals surface area (Å²) in [5.74, 6) is 0.951. The third kappa shape index (κ3) is 4.29. The van der Waals surface area contributed by atoms with Crippen LogP contribution in [-0.4, -0.2) is 12.1 Å². The van der Waals surface area contributed by atoms with Crippen LogP contribution in [0.2, 0.25) is 5.02 Å². The number of carbonyl (C=O) groups excluding carboxylic acids is 1. The highest BCUT2D eigenvalue weighted by Crippen LogP contribution is 2.25. The van der Waals surface area contributed by atoms with E-state index in [-0.39, 0.29) is 18.5 Å². The highest BCUT2D eigenvalue weighted by atomic mass is 35.5. The number of furan rings is 1. The summed E-state index contributed by atoms with van der Waals surface area (Å²) in [6, 6.07) is 10.6. The lowest BCUT2D eigenvalue weighted by Gasteiger charge is -2.21. The second-order valence-corrected chi connectivity index (χ2v) is 6.06. The quantitative estimate of drug-likeness (QED) is 0.722. The maximum Gasteiger partial charge on any atom is 0.374 e. The molecule has 0 N–H and O–H groups in total. The van der Waals surface area contributed by atoms with E-state index >= 15 is 0 Å². The van der Waals surface area contributed by atoms with Crippen LogP contribution in [0.25, 0.3) is 0 Å². The van der Waals surface area contributed by atoms with E-state index in [1.807, 2.05) is 12.1 Å². The molecular formula is C18H19ClO4. The number of rotatable bonds is 5. The van der Waals surface area contributed by atoms with Gasteiger partial charge in [0, 0.05) is 0 Å². The number of para-hydroxylation sites is 1. The van der Waals surface area contributed by atoms with Gasteiger partial charge in [-0.1, -0.05) is 30.2 Å². The van der Waals surface area contributed by atoms with Gasteiger partial charge in [0.2, 0.25) is 5.76 Å². The first-order valence-electron chi connectivity index (χ1n) is 7.89. The van der Waals surface area contributed by atoms with E-state index in [2.05, 4.69) is 0 Å². The molecule has 1 saturated carbocycles. The first-order valence-corrected chi connectivity index (χ1v) is 8.27. The summed E-state index contributed by atoms with van der Waals surface area (Å²) in [6.45, 7) is 0.209. The van der Waals surface area contributed by atoms with Crippen molar-refractivity contribution in [3.05, 3.63) is 52.9 Å². The molecule has 1 aromatic heterocycles. The normalized spacial score (nSPS) is 15.3. The molecular weight excluding hydrogens is 316 g/mol. The van der Waals surface area contributed by atoms with Gasteiger partial charge in [-0.2, -0.15) is 0 Å². The highest BCUT2D eigenvalue weighted by Gasteiger charge is 2.21. The van der Waals surface area contributed by atoms with Gasteiger partial charge in [0.15, 0.2) is 0 Å². The molecule has 1 aliphatic rings. The number of halogens is 1. The topological polar surface area (TPSA) is 48.7 Å². The average molecular weight is 335 g/mol. The lowest BCUT2D eigenvalue weighted by Crippen LogP contribution is -2.20. The number of esters is 1. The van der Waals surface area contributed by atoms with E-state index in [1.54, 1.807) is 24.3 Å². The Labute approximate surface area is 140 Å². The van der Waals surface area contributed by atoms with Gasteiger partial charge in [-0.05, 0) is 49.9 Å². The van der Waals surface area contributed by atoms with Crippen LogP contribution < -0.4 is 4.74 Å². The van der Waals surface area contributed by atoms with Gasteiger partial charge in [-0.25, -0.2) is 4.79 Å². The van der Waals surface area contributed by atoms with Crippen LogP contribution >= 0.6 is 11.6 Å². The zero-order chi connectivity index (χ0) is 16.1. The van der Waals surface area contributed by atoms with E-state index in [4.69, 9.17) is 25.5 Å². The summed E-state index contributed by atoms with van der Waals surface area (Å²) >= 11 is 6.02. The summed E-state index contributed by atoms with van der Waals surface area (Å²) in [5.41, 5.74) is 0. The molecule has 0 saturated heterocycles. The number of benzene rings is 1. The number of ether oxygens (including phenoxy) is 2. The van der Waals surface area contributed by atoms with Crippen molar-refractivity contribution >= 4 is 17.6 Å². The summed E-state index contributed by atoms with van der Waals surface area (Å²) in [5, 5.41) is 0.538. The molecule has 3 rings (SSSR count). The fourth-order valence-corrected chi connectivity index (χ4v) is 2.86. The Hall–Kier alpha value is -1.94. The standard InChI is InChI=1S/C18H19ClO4/c19-15-8-4-5-9-16(15)21-12-14-10-11-17(22-14)18(20)23-13-6-2-1-3-7-13/h4-5,8-11,13H,1-3,6-7,12H2. The number of hydrogen-bond acceptors (Lipinski definition) is 4. The van der Waals surface area contributed by atoms with E-state index in [1.165, 1.54) is 6.42 Å². The van der Waals surface area contributed by atoms with Crippen molar-refractivity contribution < 1.29 is 18.7 Å². The Balaban J connectivity index is 1.55. The van der Waals surface area contributed by atoms with Crippen LogP contribution in [0.4, 0.5) is 0 Å². The molecule has 0 atom stereocenters. The summed E-state index contributed by atoms with van der Waals surface area (Å²) in [7, 11) is 0. The predicted molar refractivity (Wildman–Crippen MR) is 86.8 cm³/mol. The van der Waals surface area contributed by atoms with Crippen LogP contribution in [-0.2, 0) is 11.3 Å². The van der Waals surface area contributed by atoms with Crippen LogP contribution in [0.5, 0.6) is 5.75 Å². The fourth-order valence-electron chi connectivity index (χ4n) is 2.67. The number of hydrogen-bond donors (Lipinski definition) is 0. The molecule has 0 bridgehead atoms. The molecule has 1 heterocycles. The zero-order valence-electron chi connectivity index (χ0n) is 12.8. The van der Waals surface area contributed by atoms with Gasteiger partial charge in [0.1, 0.15) is 24.2 Å². The molecule has 5 heteroatoms. The second kappa shape index (κ2) is 7.55. The summed E-state index contributed by atoms with van der Waals surface area (Å²) < 4.78 is 16.6. The minimum atomic E-state index is -0.402. The predicted octanol–water partition coefficient (Wildman–Crippen LogP) is 5.00.